The quantitative estimate of drug-likeness (QED) is 0.479. The minimum Gasteiger partial charge on any atom is -0.478 e. The molecule has 132 valence electrons. The average molecular weight is 350 g/mol. The number of nitrogens with zero attached hydrogens (tertiary/aromatic N) is 3. The van der Waals surface area contributed by atoms with Crippen molar-refractivity contribution in [3.8, 4) is 5.69 Å². The summed E-state index contributed by atoms with van der Waals surface area (Å²) in [5.74, 6) is -0.971. The molecule has 7 heteroatoms. The van der Waals surface area contributed by atoms with Crippen molar-refractivity contribution >= 4 is 27.8 Å². The molecule has 0 saturated carbocycles. The van der Waals surface area contributed by atoms with Crippen molar-refractivity contribution in [2.24, 2.45) is 5.73 Å². The molecule has 0 spiro atoms. The van der Waals surface area contributed by atoms with Crippen LogP contribution in [0.1, 0.15) is 16.8 Å². The van der Waals surface area contributed by atoms with Gasteiger partial charge in [-0.05, 0) is 24.3 Å². The number of carboxylic acid groups (broad SMARTS) is 1. The lowest BCUT2D eigenvalue weighted by Crippen LogP contribution is -2.20. The lowest BCUT2D eigenvalue weighted by molar-refractivity contribution is 0.0697. The molecule has 26 heavy (non-hydrogen) atoms. The predicted octanol–water partition coefficient (Wildman–Crippen LogP) is 2.35. The molecule has 2 aromatic carbocycles. The highest BCUT2D eigenvalue weighted by Gasteiger charge is 2.14. The van der Waals surface area contributed by atoms with E-state index in [1.807, 2.05) is 39.6 Å². The predicted molar refractivity (Wildman–Crippen MR) is 98.3 cm³/mol. The smallest absolute Gasteiger partial charge is 0.335 e. The molecule has 0 saturated heterocycles. The van der Waals surface area contributed by atoms with Gasteiger partial charge in [-0.15, -0.1) is 0 Å². The van der Waals surface area contributed by atoms with Crippen molar-refractivity contribution in [2.75, 3.05) is 0 Å². The van der Waals surface area contributed by atoms with Crippen LogP contribution < -0.4 is 5.73 Å². The summed E-state index contributed by atoms with van der Waals surface area (Å²) in [6.07, 6.45) is 4.73. The van der Waals surface area contributed by atoms with Gasteiger partial charge in [-0.3, -0.25) is 0 Å². The monoisotopic (exact) mass is 350 g/mol. The van der Waals surface area contributed by atoms with Crippen LogP contribution in [0.5, 0.6) is 0 Å². The highest BCUT2D eigenvalue weighted by atomic mass is 16.4. The second kappa shape index (κ2) is 6.29. The molecule has 4 rings (SSSR count). The standard InChI is InChI=1S/C19H18N4O3/c20-18(24)5-7-23-16-9-12(19(25)26)1-3-14(16)15-4-2-13(10-17(15)23)22-8-6-21-11-22/h1-4,6,8-11,18,24H,5,7,20H2,(H,25,26). The summed E-state index contributed by atoms with van der Waals surface area (Å²) < 4.78 is 3.91. The summed E-state index contributed by atoms with van der Waals surface area (Å²) in [7, 11) is 0. The number of aliphatic hydroxyl groups excluding tert-OH is 1. The molecule has 2 heterocycles. The van der Waals surface area contributed by atoms with Gasteiger partial charge in [0, 0.05) is 47.3 Å². The third kappa shape index (κ3) is 2.73. The number of benzene rings is 2. The van der Waals surface area contributed by atoms with Crippen LogP contribution in [0.3, 0.4) is 0 Å². The number of aromatic carboxylic acids is 1. The van der Waals surface area contributed by atoms with Gasteiger partial charge < -0.3 is 25.1 Å². The molecule has 1 atom stereocenters. The molecule has 4 aromatic rings. The van der Waals surface area contributed by atoms with E-state index in [0.717, 1.165) is 27.5 Å². The van der Waals surface area contributed by atoms with Crippen LogP contribution in [-0.2, 0) is 6.54 Å². The zero-order valence-corrected chi connectivity index (χ0v) is 13.9. The lowest BCUT2D eigenvalue weighted by atomic mass is 10.1. The Morgan fingerprint density at radius 3 is 2.54 bits per heavy atom. The molecule has 0 fully saturated rings. The minimum atomic E-state index is -0.971. The average Bonchev–Trinajstić information content (AvgIpc) is 3.25. The number of aliphatic hydroxyl groups is 1. The molecule has 0 radical (unpaired) electrons. The number of fused-ring (bicyclic) bond motifs is 3. The number of carboxylic acids is 1. The Bertz CT molecular complexity index is 1100. The fourth-order valence-electron chi connectivity index (χ4n) is 3.29. The van der Waals surface area contributed by atoms with Crippen molar-refractivity contribution in [1.82, 2.24) is 14.1 Å². The Morgan fingerprint density at radius 1 is 1.15 bits per heavy atom. The number of carbonyl (C=O) groups is 1. The van der Waals surface area contributed by atoms with Crippen molar-refractivity contribution in [2.45, 2.75) is 19.2 Å². The minimum absolute atomic E-state index is 0.227. The van der Waals surface area contributed by atoms with Crippen LogP contribution in [0.4, 0.5) is 0 Å². The van der Waals surface area contributed by atoms with E-state index in [0.29, 0.717) is 13.0 Å². The maximum absolute atomic E-state index is 11.4. The first kappa shape index (κ1) is 16.3. The lowest BCUT2D eigenvalue weighted by Gasteiger charge is -2.10. The molecule has 2 aromatic heterocycles. The largest absolute Gasteiger partial charge is 0.478 e. The first-order chi connectivity index (χ1) is 12.5. The van der Waals surface area contributed by atoms with Crippen molar-refractivity contribution < 1.29 is 15.0 Å². The summed E-state index contributed by atoms with van der Waals surface area (Å²) in [6, 6.07) is 11.1. The van der Waals surface area contributed by atoms with Gasteiger partial charge in [-0.2, -0.15) is 0 Å². The van der Waals surface area contributed by atoms with Gasteiger partial charge in [-0.1, -0.05) is 12.1 Å². The maximum Gasteiger partial charge on any atom is 0.335 e. The van der Waals surface area contributed by atoms with Gasteiger partial charge in [0.2, 0.25) is 0 Å². The highest BCUT2D eigenvalue weighted by molar-refractivity contribution is 6.10. The molecule has 0 aliphatic heterocycles. The van der Waals surface area contributed by atoms with E-state index in [1.54, 1.807) is 24.7 Å². The summed E-state index contributed by atoms with van der Waals surface area (Å²) in [5.41, 5.74) is 8.46. The van der Waals surface area contributed by atoms with Crippen LogP contribution in [0.2, 0.25) is 0 Å². The van der Waals surface area contributed by atoms with Gasteiger partial charge in [-0.25, -0.2) is 9.78 Å². The van der Waals surface area contributed by atoms with Gasteiger partial charge in [0.25, 0.3) is 0 Å². The topological polar surface area (TPSA) is 106 Å². The molecule has 0 bridgehead atoms. The summed E-state index contributed by atoms with van der Waals surface area (Å²) in [5, 5.41) is 20.8. The highest BCUT2D eigenvalue weighted by Crippen LogP contribution is 2.31. The van der Waals surface area contributed by atoms with E-state index in [4.69, 9.17) is 5.73 Å². The third-order valence-electron chi connectivity index (χ3n) is 4.55. The second-order valence-corrected chi connectivity index (χ2v) is 6.22. The zero-order chi connectivity index (χ0) is 18.3. The van der Waals surface area contributed by atoms with Crippen LogP contribution in [0.25, 0.3) is 27.5 Å². The first-order valence-corrected chi connectivity index (χ1v) is 8.26. The molecule has 0 aliphatic carbocycles. The fourth-order valence-corrected chi connectivity index (χ4v) is 3.29. The molecule has 0 aliphatic rings. The van der Waals surface area contributed by atoms with Gasteiger partial charge in [0.1, 0.15) is 6.23 Å². The van der Waals surface area contributed by atoms with Gasteiger partial charge in [0.15, 0.2) is 0 Å². The van der Waals surface area contributed by atoms with Gasteiger partial charge in [0.05, 0.1) is 17.4 Å². The Hall–Kier alpha value is -3.16. The van der Waals surface area contributed by atoms with Gasteiger partial charge >= 0.3 is 5.97 Å². The van der Waals surface area contributed by atoms with Crippen molar-refractivity contribution in [1.29, 1.82) is 0 Å². The zero-order valence-electron chi connectivity index (χ0n) is 13.9. The molecule has 7 nitrogen and oxygen atoms in total. The Morgan fingerprint density at radius 2 is 1.88 bits per heavy atom. The van der Waals surface area contributed by atoms with Crippen molar-refractivity contribution in [3.63, 3.8) is 0 Å². The number of aryl methyl sites for hydroxylation is 1. The van der Waals surface area contributed by atoms with E-state index >= 15 is 0 Å². The van der Waals surface area contributed by atoms with E-state index in [-0.39, 0.29) is 5.56 Å². The van der Waals surface area contributed by atoms with Crippen LogP contribution in [0.15, 0.2) is 55.1 Å². The first-order valence-electron chi connectivity index (χ1n) is 8.26. The fraction of sp³-hybridized carbons (Fsp3) is 0.158. The molecule has 0 amide bonds. The third-order valence-corrected chi connectivity index (χ3v) is 4.55. The molecule has 4 N–H and O–H groups in total. The van der Waals surface area contributed by atoms with E-state index < -0.39 is 12.2 Å². The number of rotatable bonds is 5. The Balaban J connectivity index is 1.98. The van der Waals surface area contributed by atoms with Crippen LogP contribution >= 0.6 is 0 Å². The summed E-state index contributed by atoms with van der Waals surface area (Å²) in [4.78, 5) is 15.4. The molecular weight excluding hydrogens is 332 g/mol. The Kier molecular flexibility index (Phi) is 3.95. The van der Waals surface area contributed by atoms with E-state index in [1.165, 1.54) is 0 Å². The van der Waals surface area contributed by atoms with Crippen LogP contribution in [-0.4, -0.2) is 36.5 Å². The Labute approximate surface area is 148 Å². The number of imidazole rings is 1. The number of nitrogens with two attached hydrogens (primary N) is 1. The second-order valence-electron chi connectivity index (χ2n) is 6.22. The normalized spacial score (nSPS) is 12.7. The van der Waals surface area contributed by atoms with Crippen molar-refractivity contribution in [3.05, 3.63) is 60.7 Å². The molecule has 1 unspecified atom stereocenters. The molecular formula is C19H18N4O3. The number of aromatic nitrogens is 3. The SMILES string of the molecule is NC(O)CCn1c2cc(C(=O)O)ccc2c2ccc(-n3ccnc3)cc21. The number of hydrogen-bond donors (Lipinski definition) is 3. The van der Waals surface area contributed by atoms with E-state index in [2.05, 4.69) is 4.98 Å². The summed E-state index contributed by atoms with van der Waals surface area (Å²) >= 11 is 0. The summed E-state index contributed by atoms with van der Waals surface area (Å²) in [6.45, 7) is 0.480. The van der Waals surface area contributed by atoms with E-state index in [9.17, 15) is 15.0 Å². The van der Waals surface area contributed by atoms with Crippen LogP contribution in [0, 0.1) is 0 Å². The maximum atomic E-state index is 11.4. The number of hydrogen-bond acceptors (Lipinski definition) is 4.